The van der Waals surface area contributed by atoms with Gasteiger partial charge in [0.15, 0.2) is 0 Å². The van der Waals surface area contributed by atoms with Crippen molar-refractivity contribution in [3.05, 3.63) is 0 Å². The number of carbonyl (C=O) groups excluding carboxylic acids is 1. The van der Waals surface area contributed by atoms with Crippen LogP contribution in [0.25, 0.3) is 0 Å². The van der Waals surface area contributed by atoms with Gasteiger partial charge in [-0.05, 0) is 18.8 Å². The minimum absolute atomic E-state index is 0.204. The first-order valence-electron chi connectivity index (χ1n) is 5.63. The van der Waals surface area contributed by atoms with Gasteiger partial charge >= 0.3 is 5.97 Å². The van der Waals surface area contributed by atoms with Crippen LogP contribution in [0.5, 0.6) is 0 Å². The Morgan fingerprint density at radius 1 is 1.53 bits per heavy atom. The van der Waals surface area contributed by atoms with Crippen LogP contribution < -0.4 is 5.73 Å². The monoisotopic (exact) mass is 214 g/mol. The average Bonchev–Trinajstić information content (AvgIpc) is 2.99. The zero-order chi connectivity index (χ0) is 11.4. The van der Waals surface area contributed by atoms with E-state index in [2.05, 4.69) is 18.7 Å². The van der Waals surface area contributed by atoms with E-state index < -0.39 is 0 Å². The number of nitrogens with two attached hydrogens (primary N) is 1. The van der Waals surface area contributed by atoms with Gasteiger partial charge in [0.1, 0.15) is 6.04 Å². The summed E-state index contributed by atoms with van der Waals surface area (Å²) in [6.45, 7) is 5.57. The fourth-order valence-electron chi connectivity index (χ4n) is 1.86. The van der Waals surface area contributed by atoms with E-state index in [-0.39, 0.29) is 12.0 Å². The molecule has 1 rings (SSSR count). The Balaban J connectivity index is 2.62. The molecule has 4 heteroatoms. The van der Waals surface area contributed by atoms with Crippen molar-refractivity contribution in [3.8, 4) is 0 Å². The molecule has 2 N–H and O–H groups in total. The fraction of sp³-hybridized carbons (Fsp3) is 0.909. The summed E-state index contributed by atoms with van der Waals surface area (Å²) < 4.78 is 4.78. The summed E-state index contributed by atoms with van der Waals surface area (Å²) in [4.78, 5) is 13.8. The lowest BCUT2D eigenvalue weighted by Gasteiger charge is -2.30. The molecular formula is C11H22N2O2. The van der Waals surface area contributed by atoms with Crippen molar-refractivity contribution >= 4 is 5.97 Å². The molecule has 0 heterocycles. The summed E-state index contributed by atoms with van der Waals surface area (Å²) in [5.41, 5.74) is 5.65. The maximum Gasteiger partial charge on any atom is 0.324 e. The molecule has 4 nitrogen and oxygen atoms in total. The zero-order valence-corrected chi connectivity index (χ0v) is 9.90. The minimum Gasteiger partial charge on any atom is -0.468 e. The highest BCUT2D eigenvalue weighted by Gasteiger charge is 2.37. The van der Waals surface area contributed by atoms with Gasteiger partial charge in [0.05, 0.1) is 7.11 Å². The van der Waals surface area contributed by atoms with E-state index in [9.17, 15) is 4.79 Å². The Morgan fingerprint density at radius 3 is 2.47 bits per heavy atom. The Hall–Kier alpha value is -0.610. The highest BCUT2D eigenvalue weighted by atomic mass is 16.5. The van der Waals surface area contributed by atoms with E-state index in [0.29, 0.717) is 18.5 Å². The SMILES string of the molecule is COC(=O)C(CN)N(CC(C)C)C1CC1. The van der Waals surface area contributed by atoms with E-state index >= 15 is 0 Å². The van der Waals surface area contributed by atoms with Gasteiger partial charge in [0.2, 0.25) is 0 Å². The van der Waals surface area contributed by atoms with Crippen LogP contribution in [0.2, 0.25) is 0 Å². The highest BCUT2D eigenvalue weighted by Crippen LogP contribution is 2.29. The van der Waals surface area contributed by atoms with Crippen molar-refractivity contribution in [3.63, 3.8) is 0 Å². The molecule has 0 bridgehead atoms. The van der Waals surface area contributed by atoms with E-state index in [0.717, 1.165) is 6.54 Å². The van der Waals surface area contributed by atoms with E-state index in [1.54, 1.807) is 0 Å². The van der Waals surface area contributed by atoms with Crippen molar-refractivity contribution in [1.29, 1.82) is 0 Å². The molecule has 0 amide bonds. The van der Waals surface area contributed by atoms with Crippen LogP contribution >= 0.6 is 0 Å². The van der Waals surface area contributed by atoms with Gasteiger partial charge in [0, 0.05) is 19.1 Å². The lowest BCUT2D eigenvalue weighted by molar-refractivity contribution is -0.147. The third kappa shape index (κ3) is 3.47. The maximum atomic E-state index is 11.6. The van der Waals surface area contributed by atoms with Crippen molar-refractivity contribution < 1.29 is 9.53 Å². The predicted molar refractivity (Wildman–Crippen MR) is 59.4 cm³/mol. The molecule has 1 atom stereocenters. The molecule has 0 radical (unpaired) electrons. The smallest absolute Gasteiger partial charge is 0.324 e. The van der Waals surface area contributed by atoms with Gasteiger partial charge in [-0.3, -0.25) is 9.69 Å². The van der Waals surface area contributed by atoms with Crippen LogP contribution in [0.4, 0.5) is 0 Å². The molecular weight excluding hydrogens is 192 g/mol. The summed E-state index contributed by atoms with van der Waals surface area (Å²) >= 11 is 0. The van der Waals surface area contributed by atoms with Gasteiger partial charge in [0.25, 0.3) is 0 Å². The van der Waals surface area contributed by atoms with Crippen molar-refractivity contribution in [2.45, 2.75) is 38.8 Å². The molecule has 15 heavy (non-hydrogen) atoms. The Morgan fingerprint density at radius 2 is 2.13 bits per heavy atom. The van der Waals surface area contributed by atoms with Gasteiger partial charge in [-0.25, -0.2) is 0 Å². The molecule has 88 valence electrons. The summed E-state index contributed by atoms with van der Waals surface area (Å²) in [5, 5.41) is 0. The van der Waals surface area contributed by atoms with Gasteiger partial charge in [-0.1, -0.05) is 13.8 Å². The number of esters is 1. The zero-order valence-electron chi connectivity index (χ0n) is 9.90. The largest absolute Gasteiger partial charge is 0.468 e. The first kappa shape index (κ1) is 12.5. The van der Waals surface area contributed by atoms with E-state index in [4.69, 9.17) is 10.5 Å². The molecule has 1 aliphatic carbocycles. The molecule has 1 fully saturated rings. The summed E-state index contributed by atoms with van der Waals surface area (Å²) in [7, 11) is 1.42. The summed E-state index contributed by atoms with van der Waals surface area (Å²) in [6, 6.07) is 0.282. The second-order valence-corrected chi connectivity index (χ2v) is 4.60. The first-order chi connectivity index (χ1) is 7.10. The third-order valence-corrected chi connectivity index (χ3v) is 2.69. The van der Waals surface area contributed by atoms with Crippen LogP contribution in [0.15, 0.2) is 0 Å². The molecule has 0 spiro atoms. The third-order valence-electron chi connectivity index (χ3n) is 2.69. The van der Waals surface area contributed by atoms with Crippen molar-refractivity contribution in [1.82, 2.24) is 4.90 Å². The van der Waals surface area contributed by atoms with Crippen molar-refractivity contribution in [2.24, 2.45) is 11.7 Å². The Kier molecular flexibility index (Phi) is 4.54. The molecule has 1 aliphatic rings. The second-order valence-electron chi connectivity index (χ2n) is 4.60. The van der Waals surface area contributed by atoms with Crippen molar-refractivity contribution in [2.75, 3.05) is 20.2 Å². The number of carbonyl (C=O) groups is 1. The van der Waals surface area contributed by atoms with Crippen LogP contribution in [0.3, 0.4) is 0 Å². The molecule has 0 aromatic heterocycles. The number of hydrogen-bond donors (Lipinski definition) is 1. The maximum absolute atomic E-state index is 11.6. The van der Waals surface area contributed by atoms with Crippen LogP contribution in [0.1, 0.15) is 26.7 Å². The van der Waals surface area contributed by atoms with E-state index in [1.807, 2.05) is 0 Å². The normalized spacial score (nSPS) is 18.3. The van der Waals surface area contributed by atoms with Gasteiger partial charge in [-0.2, -0.15) is 0 Å². The molecule has 0 aliphatic heterocycles. The number of rotatable bonds is 6. The van der Waals surface area contributed by atoms with Crippen LogP contribution in [-0.2, 0) is 9.53 Å². The summed E-state index contributed by atoms with van der Waals surface area (Å²) in [6.07, 6.45) is 2.36. The average molecular weight is 214 g/mol. The number of methoxy groups -OCH3 is 1. The predicted octanol–water partition coefficient (Wildman–Crippen LogP) is 0.607. The lowest BCUT2D eigenvalue weighted by atomic mass is 10.1. The summed E-state index contributed by atoms with van der Waals surface area (Å²) in [5.74, 6) is 0.342. The standard InChI is InChI=1S/C11H22N2O2/c1-8(2)7-13(9-4-5-9)10(6-12)11(14)15-3/h8-10H,4-7,12H2,1-3H3. The van der Waals surface area contributed by atoms with Gasteiger partial charge < -0.3 is 10.5 Å². The highest BCUT2D eigenvalue weighted by molar-refractivity contribution is 5.76. The first-order valence-corrected chi connectivity index (χ1v) is 5.63. The van der Waals surface area contributed by atoms with Gasteiger partial charge in [-0.15, -0.1) is 0 Å². The molecule has 1 saturated carbocycles. The fourth-order valence-corrected chi connectivity index (χ4v) is 1.86. The minimum atomic E-state index is -0.259. The van der Waals surface area contributed by atoms with Crippen LogP contribution in [0, 0.1) is 5.92 Å². The topological polar surface area (TPSA) is 55.6 Å². The Bertz CT molecular complexity index is 215. The molecule has 0 saturated heterocycles. The second kappa shape index (κ2) is 5.47. The quantitative estimate of drug-likeness (QED) is 0.658. The molecule has 1 unspecified atom stereocenters. The molecule has 0 aromatic rings. The number of ether oxygens (including phenoxy) is 1. The van der Waals surface area contributed by atoms with Crippen LogP contribution in [-0.4, -0.2) is 43.2 Å². The van der Waals surface area contributed by atoms with E-state index in [1.165, 1.54) is 20.0 Å². The Labute approximate surface area is 91.8 Å². The lowest BCUT2D eigenvalue weighted by Crippen LogP contribution is -2.49. The number of nitrogens with zero attached hydrogens (tertiary/aromatic N) is 1. The number of hydrogen-bond acceptors (Lipinski definition) is 4. The molecule has 0 aromatic carbocycles.